The Labute approximate surface area is 204 Å². The molecule has 0 unspecified atom stereocenters. The number of carbonyl (C=O) groups excluding carboxylic acids is 2. The predicted octanol–water partition coefficient (Wildman–Crippen LogP) is 5.45. The third-order valence-electron chi connectivity index (χ3n) is 5.76. The summed E-state index contributed by atoms with van der Waals surface area (Å²) in [6.45, 7) is 3.33. The van der Waals surface area contributed by atoms with E-state index < -0.39 is 12.0 Å². The SMILES string of the molecule is O=C(Nc1ccccc1C(=O)Nc1ccc(Cl)cn1)OCC[C@H]1CCN(Cc2ccccc2)C1. The number of amides is 2. The number of ether oxygens (including phenoxy) is 1. The summed E-state index contributed by atoms with van der Waals surface area (Å²) in [6, 6.07) is 20.4. The quantitative estimate of drug-likeness (QED) is 0.450. The third-order valence-corrected chi connectivity index (χ3v) is 5.98. The molecule has 4 rings (SSSR count). The lowest BCUT2D eigenvalue weighted by Gasteiger charge is -2.16. The molecule has 1 atom stereocenters. The Morgan fingerprint density at radius 3 is 2.62 bits per heavy atom. The molecule has 3 aromatic rings. The minimum absolute atomic E-state index is 0.309. The van der Waals surface area contributed by atoms with Crippen molar-refractivity contribution in [3.63, 3.8) is 0 Å². The van der Waals surface area contributed by atoms with Gasteiger partial charge in [-0.1, -0.05) is 54.1 Å². The van der Waals surface area contributed by atoms with Crippen LogP contribution in [-0.4, -0.2) is 41.6 Å². The molecule has 176 valence electrons. The Hall–Kier alpha value is -3.42. The average Bonchev–Trinajstić information content (AvgIpc) is 3.28. The summed E-state index contributed by atoms with van der Waals surface area (Å²) in [6.07, 6.45) is 2.77. The van der Waals surface area contributed by atoms with E-state index in [4.69, 9.17) is 16.3 Å². The van der Waals surface area contributed by atoms with Crippen LogP contribution in [-0.2, 0) is 11.3 Å². The normalized spacial score (nSPS) is 15.6. The summed E-state index contributed by atoms with van der Waals surface area (Å²) in [7, 11) is 0. The van der Waals surface area contributed by atoms with Crippen LogP contribution in [0.25, 0.3) is 0 Å². The van der Waals surface area contributed by atoms with E-state index in [9.17, 15) is 9.59 Å². The summed E-state index contributed by atoms with van der Waals surface area (Å²) in [5.41, 5.74) is 1.99. The van der Waals surface area contributed by atoms with Gasteiger partial charge in [-0.15, -0.1) is 0 Å². The van der Waals surface area contributed by atoms with E-state index in [2.05, 4.69) is 44.8 Å². The Bertz CT molecular complexity index is 1110. The Morgan fingerprint density at radius 1 is 1.03 bits per heavy atom. The van der Waals surface area contributed by atoms with Gasteiger partial charge in [-0.05, 0) is 55.1 Å². The third kappa shape index (κ3) is 6.79. The number of hydrogen-bond donors (Lipinski definition) is 2. The number of benzene rings is 2. The Balaban J connectivity index is 1.23. The fourth-order valence-electron chi connectivity index (χ4n) is 4.02. The highest BCUT2D eigenvalue weighted by molar-refractivity contribution is 6.30. The molecule has 1 aliphatic rings. The molecule has 7 nitrogen and oxygen atoms in total. The van der Waals surface area contributed by atoms with Crippen LogP contribution < -0.4 is 10.6 Å². The van der Waals surface area contributed by atoms with E-state index in [1.807, 2.05) is 6.07 Å². The van der Waals surface area contributed by atoms with Gasteiger partial charge >= 0.3 is 6.09 Å². The van der Waals surface area contributed by atoms with E-state index in [1.165, 1.54) is 11.8 Å². The molecule has 2 amide bonds. The van der Waals surface area contributed by atoms with Crippen molar-refractivity contribution in [1.29, 1.82) is 0 Å². The van der Waals surface area contributed by atoms with E-state index in [0.717, 1.165) is 32.5 Å². The smallest absolute Gasteiger partial charge is 0.411 e. The van der Waals surface area contributed by atoms with Crippen molar-refractivity contribution < 1.29 is 14.3 Å². The monoisotopic (exact) mass is 478 g/mol. The Morgan fingerprint density at radius 2 is 1.82 bits per heavy atom. The number of likely N-dealkylation sites (tertiary alicyclic amines) is 1. The lowest BCUT2D eigenvalue weighted by molar-refractivity contribution is 0.102. The first-order valence-corrected chi connectivity index (χ1v) is 11.7. The molecule has 1 saturated heterocycles. The van der Waals surface area contributed by atoms with Crippen LogP contribution >= 0.6 is 11.6 Å². The number of carbonyl (C=O) groups is 2. The van der Waals surface area contributed by atoms with Gasteiger partial charge in [0.25, 0.3) is 5.91 Å². The van der Waals surface area contributed by atoms with Gasteiger partial charge in [-0.3, -0.25) is 15.0 Å². The highest BCUT2D eigenvalue weighted by Crippen LogP contribution is 2.22. The second-order valence-corrected chi connectivity index (χ2v) is 8.72. The largest absolute Gasteiger partial charge is 0.449 e. The molecular formula is C26H27ClN4O3. The van der Waals surface area contributed by atoms with Crippen LogP contribution in [0.3, 0.4) is 0 Å². The van der Waals surface area contributed by atoms with Crippen LogP contribution in [0.2, 0.25) is 5.02 Å². The molecular weight excluding hydrogens is 452 g/mol. The van der Waals surface area contributed by atoms with Gasteiger partial charge in [0.2, 0.25) is 0 Å². The van der Waals surface area contributed by atoms with Crippen molar-refractivity contribution in [2.24, 2.45) is 5.92 Å². The van der Waals surface area contributed by atoms with Crippen molar-refractivity contribution in [3.8, 4) is 0 Å². The maximum absolute atomic E-state index is 12.7. The van der Waals surface area contributed by atoms with Gasteiger partial charge in [0, 0.05) is 19.3 Å². The number of pyridine rings is 1. The summed E-state index contributed by atoms with van der Waals surface area (Å²) in [4.78, 5) is 31.5. The lowest BCUT2D eigenvalue weighted by atomic mass is 10.1. The maximum Gasteiger partial charge on any atom is 0.411 e. The zero-order chi connectivity index (χ0) is 23.8. The fraction of sp³-hybridized carbons (Fsp3) is 0.269. The van der Waals surface area contributed by atoms with Crippen molar-refractivity contribution >= 4 is 35.1 Å². The molecule has 0 spiro atoms. The molecule has 1 fully saturated rings. The molecule has 0 bridgehead atoms. The van der Waals surface area contributed by atoms with Crippen LogP contribution in [0.1, 0.15) is 28.8 Å². The standard InChI is InChI=1S/C26H27ClN4O3/c27-21-10-11-24(28-16-21)30-25(32)22-8-4-5-9-23(22)29-26(33)34-15-13-20-12-14-31(18-20)17-19-6-2-1-3-7-19/h1-11,16,20H,12-15,17-18H2,(H,29,33)(H,28,30,32)/t20-/m1/s1. The van der Waals surface area contributed by atoms with Crippen LogP contribution in [0.4, 0.5) is 16.3 Å². The number of hydrogen-bond acceptors (Lipinski definition) is 5. The molecule has 34 heavy (non-hydrogen) atoms. The molecule has 2 N–H and O–H groups in total. The summed E-state index contributed by atoms with van der Waals surface area (Å²) < 4.78 is 5.40. The number of halogens is 1. The summed E-state index contributed by atoms with van der Waals surface area (Å²) in [5.74, 6) is 0.473. The van der Waals surface area contributed by atoms with E-state index >= 15 is 0 Å². The predicted molar refractivity (Wildman–Crippen MR) is 133 cm³/mol. The lowest BCUT2D eigenvalue weighted by Crippen LogP contribution is -2.22. The number of para-hydroxylation sites is 1. The molecule has 0 aliphatic carbocycles. The van der Waals surface area contributed by atoms with Crippen molar-refractivity contribution in [2.75, 3.05) is 30.3 Å². The maximum atomic E-state index is 12.7. The van der Waals surface area contributed by atoms with Gasteiger partial charge in [-0.25, -0.2) is 9.78 Å². The topological polar surface area (TPSA) is 83.6 Å². The van der Waals surface area contributed by atoms with Crippen molar-refractivity contribution in [3.05, 3.63) is 89.1 Å². The molecule has 1 aromatic heterocycles. The molecule has 8 heteroatoms. The van der Waals surface area contributed by atoms with Gasteiger partial charge in [0.15, 0.2) is 0 Å². The minimum atomic E-state index is -0.580. The summed E-state index contributed by atoms with van der Waals surface area (Å²) >= 11 is 5.83. The van der Waals surface area contributed by atoms with E-state index in [1.54, 1.807) is 36.4 Å². The number of anilines is 2. The molecule has 0 saturated carbocycles. The average molecular weight is 479 g/mol. The van der Waals surface area contributed by atoms with Crippen LogP contribution in [0.5, 0.6) is 0 Å². The second kappa shape index (κ2) is 11.6. The number of nitrogens with zero attached hydrogens (tertiary/aromatic N) is 2. The number of aromatic nitrogens is 1. The van der Waals surface area contributed by atoms with Gasteiger partial charge in [0.05, 0.1) is 22.9 Å². The summed E-state index contributed by atoms with van der Waals surface area (Å²) in [5, 5.41) is 5.85. The van der Waals surface area contributed by atoms with E-state index in [0.29, 0.717) is 34.6 Å². The zero-order valence-electron chi connectivity index (χ0n) is 18.7. The second-order valence-electron chi connectivity index (χ2n) is 8.29. The first kappa shape index (κ1) is 23.7. The number of rotatable bonds is 8. The highest BCUT2D eigenvalue weighted by atomic mass is 35.5. The molecule has 0 radical (unpaired) electrons. The molecule has 1 aliphatic heterocycles. The van der Waals surface area contributed by atoms with Gasteiger partial charge in [0.1, 0.15) is 5.82 Å². The highest BCUT2D eigenvalue weighted by Gasteiger charge is 2.23. The van der Waals surface area contributed by atoms with Crippen LogP contribution in [0, 0.1) is 5.92 Å². The first-order chi connectivity index (χ1) is 16.6. The van der Waals surface area contributed by atoms with Gasteiger partial charge < -0.3 is 10.1 Å². The molecule has 2 aromatic carbocycles. The van der Waals surface area contributed by atoms with Crippen LogP contribution in [0.15, 0.2) is 72.9 Å². The number of nitrogens with one attached hydrogen (secondary N) is 2. The van der Waals surface area contributed by atoms with Crippen molar-refractivity contribution in [2.45, 2.75) is 19.4 Å². The minimum Gasteiger partial charge on any atom is -0.449 e. The fourth-order valence-corrected chi connectivity index (χ4v) is 4.13. The first-order valence-electron chi connectivity index (χ1n) is 11.3. The van der Waals surface area contributed by atoms with E-state index in [-0.39, 0.29) is 0 Å². The Kier molecular flexibility index (Phi) is 8.12. The van der Waals surface area contributed by atoms with Crippen molar-refractivity contribution in [1.82, 2.24) is 9.88 Å². The molecule has 2 heterocycles. The van der Waals surface area contributed by atoms with Gasteiger partial charge in [-0.2, -0.15) is 0 Å². The zero-order valence-corrected chi connectivity index (χ0v) is 19.5.